The van der Waals surface area contributed by atoms with Crippen LogP contribution in [0.1, 0.15) is 38.5 Å². The molecular formula is C18H31N7O9. The Morgan fingerprint density at radius 1 is 0.794 bits per heavy atom. The molecule has 0 aliphatic rings. The van der Waals surface area contributed by atoms with Crippen molar-refractivity contribution in [2.75, 3.05) is 13.1 Å². The summed E-state index contributed by atoms with van der Waals surface area (Å²) in [4.78, 5) is 73.0. The average molecular weight is 489 g/mol. The number of carbonyl (C=O) groups excluding carboxylic acids is 3. The molecule has 0 saturated carbocycles. The predicted octanol–water partition coefficient (Wildman–Crippen LogP) is -3.73. The Morgan fingerprint density at radius 2 is 1.38 bits per heavy atom. The fourth-order valence-corrected chi connectivity index (χ4v) is 2.52. The number of nitrogens with zero attached hydrogens (tertiary/aromatic N) is 1. The number of aliphatic carboxylic acids is 3. The van der Waals surface area contributed by atoms with E-state index in [1.54, 1.807) is 0 Å². The van der Waals surface area contributed by atoms with Gasteiger partial charge in [-0.05, 0) is 25.7 Å². The first-order valence-electron chi connectivity index (χ1n) is 10.2. The maximum Gasteiger partial charge on any atom is 0.326 e. The van der Waals surface area contributed by atoms with Gasteiger partial charge in [0.1, 0.15) is 12.1 Å². The highest BCUT2D eigenvalue weighted by molar-refractivity contribution is 5.92. The molecule has 0 aliphatic carbocycles. The van der Waals surface area contributed by atoms with Gasteiger partial charge in [0.05, 0.1) is 12.6 Å². The van der Waals surface area contributed by atoms with Crippen LogP contribution in [0.15, 0.2) is 4.99 Å². The van der Waals surface area contributed by atoms with Gasteiger partial charge in [0.25, 0.3) is 0 Å². The van der Waals surface area contributed by atoms with Gasteiger partial charge in [-0.2, -0.15) is 0 Å². The van der Waals surface area contributed by atoms with Gasteiger partial charge in [0, 0.05) is 19.4 Å². The van der Waals surface area contributed by atoms with Crippen molar-refractivity contribution in [2.24, 2.45) is 22.2 Å². The van der Waals surface area contributed by atoms with E-state index in [4.69, 9.17) is 27.4 Å². The van der Waals surface area contributed by atoms with Crippen LogP contribution in [-0.4, -0.2) is 88.1 Å². The third-order valence-corrected chi connectivity index (χ3v) is 4.29. The summed E-state index contributed by atoms with van der Waals surface area (Å²) in [5, 5.41) is 33.4. The van der Waals surface area contributed by atoms with Gasteiger partial charge in [-0.15, -0.1) is 0 Å². The Labute approximate surface area is 194 Å². The summed E-state index contributed by atoms with van der Waals surface area (Å²) in [6.45, 7) is -0.507. The highest BCUT2D eigenvalue weighted by Gasteiger charge is 2.27. The smallest absolute Gasteiger partial charge is 0.326 e. The normalized spacial score (nSPS) is 13.0. The van der Waals surface area contributed by atoms with Gasteiger partial charge >= 0.3 is 17.9 Å². The van der Waals surface area contributed by atoms with Crippen molar-refractivity contribution in [3.63, 3.8) is 0 Å². The third kappa shape index (κ3) is 14.2. The van der Waals surface area contributed by atoms with Gasteiger partial charge in [-0.1, -0.05) is 0 Å². The van der Waals surface area contributed by atoms with Crippen LogP contribution in [-0.2, 0) is 28.8 Å². The zero-order chi connectivity index (χ0) is 26.3. The summed E-state index contributed by atoms with van der Waals surface area (Å²) in [6.07, 6.45) is -1.19. The van der Waals surface area contributed by atoms with Gasteiger partial charge in [0.15, 0.2) is 5.96 Å². The SMILES string of the molecule is NC(N)=NCCCC(NC(=O)C(CCC(=O)O)NC(=O)CNC(=O)C(N)CCC(=O)O)C(=O)O. The molecule has 0 fully saturated rings. The quantitative estimate of drug-likeness (QED) is 0.0541. The van der Waals surface area contributed by atoms with Gasteiger partial charge in [0.2, 0.25) is 17.7 Å². The molecule has 3 atom stereocenters. The molecule has 34 heavy (non-hydrogen) atoms. The van der Waals surface area contributed by atoms with Crippen molar-refractivity contribution in [1.82, 2.24) is 16.0 Å². The van der Waals surface area contributed by atoms with E-state index < -0.39 is 66.7 Å². The van der Waals surface area contributed by atoms with E-state index in [0.717, 1.165) is 0 Å². The summed E-state index contributed by atoms with van der Waals surface area (Å²) in [7, 11) is 0. The molecule has 16 nitrogen and oxygen atoms in total. The molecule has 0 aliphatic heterocycles. The molecule has 192 valence electrons. The van der Waals surface area contributed by atoms with Crippen molar-refractivity contribution in [2.45, 2.75) is 56.7 Å². The molecule has 3 amide bonds. The fourth-order valence-electron chi connectivity index (χ4n) is 2.52. The van der Waals surface area contributed by atoms with E-state index in [1.807, 2.05) is 0 Å². The Morgan fingerprint density at radius 3 is 1.91 bits per heavy atom. The lowest BCUT2D eigenvalue weighted by atomic mass is 10.1. The average Bonchev–Trinajstić information content (AvgIpc) is 2.74. The second kappa shape index (κ2) is 15.8. The Balaban J connectivity index is 4.97. The van der Waals surface area contributed by atoms with Gasteiger partial charge in [-0.25, -0.2) is 4.79 Å². The highest BCUT2D eigenvalue weighted by Crippen LogP contribution is 2.03. The second-order valence-electron chi connectivity index (χ2n) is 7.16. The number of carbonyl (C=O) groups is 6. The minimum Gasteiger partial charge on any atom is -0.481 e. The first kappa shape index (κ1) is 30.1. The first-order valence-corrected chi connectivity index (χ1v) is 10.2. The minimum absolute atomic E-state index is 0.0399. The second-order valence-corrected chi connectivity index (χ2v) is 7.16. The summed E-state index contributed by atoms with van der Waals surface area (Å²) in [5.41, 5.74) is 15.9. The standard InChI is InChI=1S/C18H31N7O9/c19-9(3-5-13(27)28)15(31)23-8-12(26)24-10(4-6-14(29)30)16(32)25-11(17(33)34)2-1-7-22-18(20)21/h9-11H,1-8,19H2,(H,23,31)(H,24,26)(H,25,32)(H,27,28)(H,29,30)(H,33,34)(H4,20,21,22). The van der Waals surface area contributed by atoms with Crippen LogP contribution < -0.4 is 33.2 Å². The Kier molecular flexibility index (Phi) is 14.0. The monoisotopic (exact) mass is 489 g/mol. The zero-order valence-electron chi connectivity index (χ0n) is 18.4. The molecular weight excluding hydrogens is 458 g/mol. The first-order chi connectivity index (χ1) is 15.8. The van der Waals surface area contributed by atoms with Crippen molar-refractivity contribution < 1.29 is 44.1 Å². The van der Waals surface area contributed by atoms with Crippen molar-refractivity contribution >= 4 is 41.6 Å². The highest BCUT2D eigenvalue weighted by atomic mass is 16.4. The van der Waals surface area contributed by atoms with Crippen LogP contribution >= 0.6 is 0 Å². The third-order valence-electron chi connectivity index (χ3n) is 4.29. The summed E-state index contributed by atoms with van der Waals surface area (Å²) < 4.78 is 0. The summed E-state index contributed by atoms with van der Waals surface area (Å²) >= 11 is 0. The van der Waals surface area contributed by atoms with Crippen LogP contribution in [0.5, 0.6) is 0 Å². The lowest BCUT2D eigenvalue weighted by Crippen LogP contribution is -2.53. The number of aliphatic imine (C=N–C) groups is 1. The lowest BCUT2D eigenvalue weighted by Gasteiger charge is -2.21. The van der Waals surface area contributed by atoms with Gasteiger partial charge in [-0.3, -0.25) is 29.0 Å². The van der Waals surface area contributed by atoms with Crippen molar-refractivity contribution in [3.05, 3.63) is 0 Å². The van der Waals surface area contributed by atoms with E-state index in [1.165, 1.54) is 0 Å². The molecule has 0 aromatic rings. The number of amides is 3. The fraction of sp³-hybridized carbons (Fsp3) is 0.611. The molecule has 3 unspecified atom stereocenters. The molecule has 0 bridgehead atoms. The number of nitrogens with two attached hydrogens (primary N) is 3. The largest absolute Gasteiger partial charge is 0.481 e. The van der Waals surface area contributed by atoms with Gasteiger partial charge < -0.3 is 48.5 Å². The summed E-state index contributed by atoms with van der Waals surface area (Å²) in [6, 6.07) is -3.93. The number of guanidine groups is 1. The molecule has 0 aromatic carbocycles. The molecule has 0 saturated heterocycles. The molecule has 0 aromatic heterocycles. The zero-order valence-corrected chi connectivity index (χ0v) is 18.4. The van der Waals surface area contributed by atoms with Crippen LogP contribution in [0, 0.1) is 0 Å². The van der Waals surface area contributed by atoms with E-state index in [2.05, 4.69) is 20.9 Å². The number of carboxylic acids is 3. The van der Waals surface area contributed by atoms with E-state index in [0.29, 0.717) is 0 Å². The van der Waals surface area contributed by atoms with Crippen LogP contribution in [0.25, 0.3) is 0 Å². The molecule has 0 rings (SSSR count). The number of nitrogens with one attached hydrogen (secondary N) is 3. The van der Waals surface area contributed by atoms with Crippen molar-refractivity contribution in [3.8, 4) is 0 Å². The molecule has 0 radical (unpaired) electrons. The Bertz CT molecular complexity index is 784. The van der Waals surface area contributed by atoms with E-state index in [-0.39, 0.29) is 44.6 Å². The molecule has 12 N–H and O–H groups in total. The predicted molar refractivity (Wildman–Crippen MR) is 116 cm³/mol. The van der Waals surface area contributed by atoms with Crippen LogP contribution in [0.2, 0.25) is 0 Å². The summed E-state index contributed by atoms with van der Waals surface area (Å²) in [5.74, 6) is -6.54. The minimum atomic E-state index is -1.40. The van der Waals surface area contributed by atoms with E-state index >= 15 is 0 Å². The maximum absolute atomic E-state index is 12.5. The maximum atomic E-state index is 12.5. The number of rotatable bonds is 17. The molecule has 0 spiro atoms. The topological polar surface area (TPSA) is 290 Å². The lowest BCUT2D eigenvalue weighted by molar-refractivity contribution is -0.143. The number of hydrogen-bond donors (Lipinski definition) is 9. The molecule has 16 heteroatoms. The molecule has 0 heterocycles. The van der Waals surface area contributed by atoms with E-state index in [9.17, 15) is 33.9 Å². The number of hydrogen-bond acceptors (Lipinski definition) is 8. The van der Waals surface area contributed by atoms with Crippen LogP contribution in [0.4, 0.5) is 0 Å². The van der Waals surface area contributed by atoms with Crippen LogP contribution in [0.3, 0.4) is 0 Å². The Hall–Kier alpha value is -3.95. The number of carboxylic acid groups (broad SMARTS) is 3. The van der Waals surface area contributed by atoms with Crippen molar-refractivity contribution in [1.29, 1.82) is 0 Å².